The molecule has 2 N–H and O–H groups in total. The SMILES string of the molecule is Cc1cccc(Cl)c1N1CN(C)c2nc(Nc3ccc(N4CCNCC4)cc3)ncc2C1=O. The second-order valence-electron chi connectivity index (χ2n) is 8.32. The number of anilines is 5. The van der Waals surface area contributed by atoms with Crippen LogP contribution in [0, 0.1) is 6.92 Å². The van der Waals surface area contributed by atoms with Gasteiger partial charge in [-0.05, 0) is 42.8 Å². The normalized spacial score (nSPS) is 16.1. The van der Waals surface area contributed by atoms with Gasteiger partial charge >= 0.3 is 0 Å². The molecule has 1 saturated heterocycles. The number of carbonyl (C=O) groups is 1. The minimum atomic E-state index is -0.161. The number of nitrogens with zero attached hydrogens (tertiary/aromatic N) is 5. The number of piperazine rings is 1. The van der Waals surface area contributed by atoms with E-state index < -0.39 is 0 Å². The lowest BCUT2D eigenvalue weighted by molar-refractivity contribution is 0.0982. The summed E-state index contributed by atoms with van der Waals surface area (Å²) >= 11 is 6.42. The molecule has 1 fully saturated rings. The number of halogens is 1. The van der Waals surface area contributed by atoms with Crippen molar-refractivity contribution in [3.63, 3.8) is 0 Å². The smallest absolute Gasteiger partial charge is 0.265 e. The van der Waals surface area contributed by atoms with Crippen molar-refractivity contribution in [2.75, 3.05) is 59.9 Å². The van der Waals surface area contributed by atoms with Crippen LogP contribution in [0.3, 0.4) is 0 Å². The first-order valence-corrected chi connectivity index (χ1v) is 11.4. The Hall–Kier alpha value is -3.36. The van der Waals surface area contributed by atoms with E-state index in [1.165, 1.54) is 5.69 Å². The number of aromatic nitrogens is 2. The van der Waals surface area contributed by atoms with Gasteiger partial charge in [0, 0.05) is 50.8 Å². The highest BCUT2D eigenvalue weighted by Crippen LogP contribution is 2.35. The average molecular weight is 464 g/mol. The van der Waals surface area contributed by atoms with Crippen LogP contribution in [0.25, 0.3) is 0 Å². The fourth-order valence-electron chi connectivity index (χ4n) is 4.31. The quantitative estimate of drug-likeness (QED) is 0.611. The van der Waals surface area contributed by atoms with Gasteiger partial charge in [0.2, 0.25) is 5.95 Å². The average Bonchev–Trinajstić information content (AvgIpc) is 2.83. The minimum absolute atomic E-state index is 0.161. The molecule has 8 nitrogen and oxygen atoms in total. The third-order valence-corrected chi connectivity index (χ3v) is 6.33. The highest BCUT2D eigenvalue weighted by atomic mass is 35.5. The number of rotatable bonds is 4. The zero-order chi connectivity index (χ0) is 22.9. The molecule has 0 saturated carbocycles. The predicted molar refractivity (Wildman–Crippen MR) is 133 cm³/mol. The Balaban J connectivity index is 1.36. The predicted octanol–water partition coefficient (Wildman–Crippen LogP) is 3.65. The van der Waals surface area contributed by atoms with Crippen LogP contribution in [-0.2, 0) is 0 Å². The Kier molecular flexibility index (Phi) is 5.78. The summed E-state index contributed by atoms with van der Waals surface area (Å²) in [5.74, 6) is 0.882. The summed E-state index contributed by atoms with van der Waals surface area (Å²) in [6, 6.07) is 13.9. The Bertz CT molecular complexity index is 1160. The fraction of sp³-hybridized carbons (Fsp3) is 0.292. The molecule has 0 bridgehead atoms. The van der Waals surface area contributed by atoms with Crippen LogP contribution in [-0.4, -0.2) is 55.8 Å². The van der Waals surface area contributed by atoms with Gasteiger partial charge in [-0.1, -0.05) is 23.7 Å². The Morgan fingerprint density at radius 3 is 2.58 bits per heavy atom. The molecule has 170 valence electrons. The molecule has 0 unspecified atom stereocenters. The van der Waals surface area contributed by atoms with Gasteiger partial charge in [-0.25, -0.2) is 4.98 Å². The van der Waals surface area contributed by atoms with Gasteiger partial charge in [0.05, 0.1) is 17.4 Å². The standard InChI is InChI=1S/C24H26ClN7O/c1-16-4-3-5-20(25)21(16)32-15-30(2)22-19(23(32)33)14-27-24(29-22)28-17-6-8-18(9-7-17)31-12-10-26-11-13-31/h3-9,14,26H,10-13,15H2,1-2H3,(H,27,28,29). The number of benzene rings is 2. The van der Waals surface area contributed by atoms with Crippen LogP contribution >= 0.6 is 11.6 Å². The number of hydrogen-bond donors (Lipinski definition) is 2. The molecule has 2 aliphatic rings. The van der Waals surface area contributed by atoms with Gasteiger partial charge in [-0.15, -0.1) is 0 Å². The Morgan fingerprint density at radius 1 is 1.09 bits per heavy atom. The van der Waals surface area contributed by atoms with E-state index in [4.69, 9.17) is 11.6 Å². The molecule has 2 aromatic carbocycles. The highest BCUT2D eigenvalue weighted by Gasteiger charge is 2.32. The van der Waals surface area contributed by atoms with Crippen molar-refractivity contribution in [1.82, 2.24) is 15.3 Å². The molecule has 0 radical (unpaired) electrons. The Morgan fingerprint density at radius 2 is 1.85 bits per heavy atom. The van der Waals surface area contributed by atoms with Crippen LogP contribution in [0.1, 0.15) is 15.9 Å². The summed E-state index contributed by atoms with van der Waals surface area (Å²) in [7, 11) is 1.91. The lowest BCUT2D eigenvalue weighted by Gasteiger charge is -2.35. The lowest BCUT2D eigenvalue weighted by atomic mass is 10.1. The van der Waals surface area contributed by atoms with E-state index in [1.807, 2.05) is 43.1 Å². The molecule has 0 atom stereocenters. The number of nitrogens with one attached hydrogen (secondary N) is 2. The van der Waals surface area contributed by atoms with Crippen molar-refractivity contribution in [2.24, 2.45) is 0 Å². The summed E-state index contributed by atoms with van der Waals surface area (Å²) in [5.41, 5.74) is 4.20. The molecule has 3 aromatic rings. The van der Waals surface area contributed by atoms with Crippen LogP contribution in [0.15, 0.2) is 48.7 Å². The third kappa shape index (κ3) is 4.19. The lowest BCUT2D eigenvalue weighted by Crippen LogP contribution is -2.46. The van der Waals surface area contributed by atoms with E-state index in [0.717, 1.165) is 37.4 Å². The summed E-state index contributed by atoms with van der Waals surface area (Å²) in [6.45, 7) is 6.32. The maximum absolute atomic E-state index is 13.3. The monoisotopic (exact) mass is 463 g/mol. The summed E-state index contributed by atoms with van der Waals surface area (Å²) < 4.78 is 0. The first-order valence-electron chi connectivity index (χ1n) is 11.0. The first kappa shape index (κ1) is 21.5. The maximum Gasteiger partial charge on any atom is 0.265 e. The largest absolute Gasteiger partial charge is 0.369 e. The van der Waals surface area contributed by atoms with E-state index in [2.05, 4.69) is 37.6 Å². The van der Waals surface area contributed by atoms with Crippen LogP contribution in [0.4, 0.5) is 28.8 Å². The van der Waals surface area contributed by atoms with Gasteiger partial charge in [0.1, 0.15) is 11.4 Å². The van der Waals surface area contributed by atoms with E-state index in [-0.39, 0.29) is 5.91 Å². The molecule has 1 aromatic heterocycles. The van der Waals surface area contributed by atoms with Crippen molar-refractivity contribution in [2.45, 2.75) is 6.92 Å². The molecule has 33 heavy (non-hydrogen) atoms. The minimum Gasteiger partial charge on any atom is -0.369 e. The summed E-state index contributed by atoms with van der Waals surface area (Å²) in [6.07, 6.45) is 1.58. The number of amides is 1. The zero-order valence-electron chi connectivity index (χ0n) is 18.7. The number of hydrogen-bond acceptors (Lipinski definition) is 7. The fourth-order valence-corrected chi connectivity index (χ4v) is 4.63. The van der Waals surface area contributed by atoms with Gasteiger partial charge in [-0.3, -0.25) is 9.69 Å². The van der Waals surface area contributed by atoms with Crippen molar-refractivity contribution in [1.29, 1.82) is 0 Å². The summed E-state index contributed by atoms with van der Waals surface area (Å²) in [5, 5.41) is 7.17. The second-order valence-corrected chi connectivity index (χ2v) is 8.72. The van der Waals surface area contributed by atoms with Crippen LogP contribution in [0.2, 0.25) is 5.02 Å². The zero-order valence-corrected chi connectivity index (χ0v) is 19.4. The third-order valence-electron chi connectivity index (χ3n) is 6.02. The second kappa shape index (κ2) is 8.88. The van der Waals surface area contributed by atoms with Gasteiger partial charge < -0.3 is 20.4 Å². The van der Waals surface area contributed by atoms with Crippen molar-refractivity contribution in [3.8, 4) is 0 Å². The van der Waals surface area contributed by atoms with Gasteiger partial charge in [0.15, 0.2) is 0 Å². The topological polar surface area (TPSA) is 76.6 Å². The van der Waals surface area contributed by atoms with Gasteiger partial charge in [0.25, 0.3) is 5.91 Å². The molecule has 2 aliphatic heterocycles. The van der Waals surface area contributed by atoms with E-state index >= 15 is 0 Å². The van der Waals surface area contributed by atoms with E-state index in [0.29, 0.717) is 34.7 Å². The van der Waals surface area contributed by atoms with Crippen molar-refractivity contribution in [3.05, 3.63) is 64.8 Å². The summed E-state index contributed by atoms with van der Waals surface area (Å²) in [4.78, 5) is 28.3. The molecule has 1 amide bonds. The van der Waals surface area contributed by atoms with Crippen LogP contribution < -0.4 is 25.3 Å². The molecule has 0 spiro atoms. The molecular weight excluding hydrogens is 438 g/mol. The number of carbonyl (C=O) groups excluding carboxylic acids is 1. The van der Waals surface area contributed by atoms with Crippen molar-refractivity contribution < 1.29 is 4.79 Å². The van der Waals surface area contributed by atoms with Crippen molar-refractivity contribution >= 4 is 46.3 Å². The molecule has 3 heterocycles. The molecule has 9 heteroatoms. The maximum atomic E-state index is 13.3. The number of aryl methyl sites for hydroxylation is 1. The highest BCUT2D eigenvalue weighted by molar-refractivity contribution is 6.34. The van der Waals surface area contributed by atoms with Gasteiger partial charge in [-0.2, -0.15) is 4.98 Å². The van der Waals surface area contributed by atoms with E-state index in [1.54, 1.807) is 17.2 Å². The molecule has 0 aliphatic carbocycles. The van der Waals surface area contributed by atoms with Crippen LogP contribution in [0.5, 0.6) is 0 Å². The van der Waals surface area contributed by atoms with E-state index in [9.17, 15) is 4.79 Å². The first-order chi connectivity index (χ1) is 16.0. The molecule has 5 rings (SSSR count). The number of fused-ring (bicyclic) bond motifs is 1. The number of para-hydroxylation sites is 1. The Labute approximate surface area is 198 Å². The molecular formula is C24H26ClN7O.